The van der Waals surface area contributed by atoms with Crippen LogP contribution in [0, 0.1) is 0 Å². The highest BCUT2D eigenvalue weighted by Gasteiger charge is 2.25. The maximum atomic E-state index is 12.0. The number of hydrogen-bond donors (Lipinski definition) is 1. The van der Waals surface area contributed by atoms with Gasteiger partial charge in [-0.3, -0.25) is 4.79 Å². The predicted octanol–water partition coefficient (Wildman–Crippen LogP) is 1.42. The molecular formula is C14H19ClN2O3S. The van der Waals surface area contributed by atoms with Crippen LogP contribution >= 0.6 is 11.6 Å². The van der Waals surface area contributed by atoms with E-state index in [1.807, 2.05) is 18.2 Å². The van der Waals surface area contributed by atoms with Gasteiger partial charge in [-0.15, -0.1) is 0 Å². The molecule has 0 unspecified atom stereocenters. The van der Waals surface area contributed by atoms with Crippen molar-refractivity contribution in [3.8, 4) is 0 Å². The third kappa shape index (κ3) is 4.69. The van der Waals surface area contributed by atoms with E-state index in [-0.39, 0.29) is 18.4 Å². The zero-order chi connectivity index (χ0) is 15.5. The second-order valence-electron chi connectivity index (χ2n) is 5.27. The average molecular weight is 331 g/mol. The number of hydrogen-bond acceptors (Lipinski definition) is 3. The summed E-state index contributed by atoms with van der Waals surface area (Å²) in [4.78, 5) is 12.0. The molecule has 1 aliphatic heterocycles. The number of carbonyl (C=O) groups is 1. The molecule has 7 heteroatoms. The van der Waals surface area contributed by atoms with Crippen molar-refractivity contribution in [2.45, 2.75) is 25.3 Å². The Bertz CT molecular complexity index is 610. The summed E-state index contributed by atoms with van der Waals surface area (Å²) in [5.41, 5.74) is 0.797. The number of benzene rings is 1. The molecule has 2 rings (SSSR count). The fraction of sp³-hybridized carbons (Fsp3) is 0.500. The summed E-state index contributed by atoms with van der Waals surface area (Å²) in [6.45, 7) is 0.908. The lowest BCUT2D eigenvalue weighted by molar-refractivity contribution is -0.121. The lowest BCUT2D eigenvalue weighted by Gasteiger charge is -2.30. The number of nitrogens with one attached hydrogen (secondary N) is 1. The first-order chi connectivity index (χ1) is 9.86. The van der Waals surface area contributed by atoms with Crippen LogP contribution in [-0.2, 0) is 21.2 Å². The van der Waals surface area contributed by atoms with Gasteiger partial charge in [0.25, 0.3) is 0 Å². The molecule has 1 N–H and O–H groups in total. The Morgan fingerprint density at radius 1 is 1.33 bits per heavy atom. The van der Waals surface area contributed by atoms with Crippen molar-refractivity contribution in [2.75, 3.05) is 19.3 Å². The van der Waals surface area contributed by atoms with Gasteiger partial charge in [-0.1, -0.05) is 29.8 Å². The monoisotopic (exact) mass is 330 g/mol. The Balaban J connectivity index is 1.84. The van der Waals surface area contributed by atoms with Crippen molar-refractivity contribution < 1.29 is 13.2 Å². The first-order valence-electron chi connectivity index (χ1n) is 6.84. The molecule has 0 atom stereocenters. The molecule has 1 amide bonds. The van der Waals surface area contributed by atoms with Gasteiger partial charge in [-0.2, -0.15) is 0 Å². The topological polar surface area (TPSA) is 66.5 Å². The zero-order valence-corrected chi connectivity index (χ0v) is 13.5. The molecule has 21 heavy (non-hydrogen) atoms. The van der Waals surface area contributed by atoms with Gasteiger partial charge in [0.1, 0.15) is 0 Å². The van der Waals surface area contributed by atoms with E-state index >= 15 is 0 Å². The Kier molecular flexibility index (Phi) is 5.24. The lowest BCUT2D eigenvalue weighted by atomic mass is 10.1. The van der Waals surface area contributed by atoms with Crippen LogP contribution in [-0.4, -0.2) is 44.0 Å². The predicted molar refractivity (Wildman–Crippen MR) is 82.7 cm³/mol. The van der Waals surface area contributed by atoms with Crippen LogP contribution in [0.5, 0.6) is 0 Å². The van der Waals surface area contributed by atoms with Crippen molar-refractivity contribution in [3.63, 3.8) is 0 Å². The van der Waals surface area contributed by atoms with Crippen LogP contribution in [0.4, 0.5) is 0 Å². The van der Waals surface area contributed by atoms with E-state index in [4.69, 9.17) is 11.6 Å². The normalized spacial score (nSPS) is 17.6. The molecule has 116 valence electrons. The molecule has 5 nitrogen and oxygen atoms in total. The van der Waals surface area contributed by atoms with E-state index < -0.39 is 10.0 Å². The molecule has 1 saturated heterocycles. The third-order valence-electron chi connectivity index (χ3n) is 3.60. The first-order valence-corrected chi connectivity index (χ1v) is 9.07. The van der Waals surface area contributed by atoms with E-state index in [1.54, 1.807) is 6.07 Å². The van der Waals surface area contributed by atoms with Gasteiger partial charge < -0.3 is 5.32 Å². The maximum Gasteiger partial charge on any atom is 0.224 e. The number of amides is 1. The number of carbonyl (C=O) groups excluding carboxylic acids is 1. The SMILES string of the molecule is CS(=O)(=O)N1CCC(NC(=O)Cc2ccccc2Cl)CC1. The number of piperidine rings is 1. The molecule has 1 aromatic rings. The summed E-state index contributed by atoms with van der Waals surface area (Å²) in [6, 6.07) is 7.28. The molecule has 1 heterocycles. The van der Waals surface area contributed by atoms with E-state index in [1.165, 1.54) is 10.6 Å². The van der Waals surface area contributed by atoms with Gasteiger partial charge >= 0.3 is 0 Å². The van der Waals surface area contributed by atoms with Crippen molar-refractivity contribution in [1.82, 2.24) is 9.62 Å². The smallest absolute Gasteiger partial charge is 0.224 e. The fourth-order valence-electron chi connectivity index (χ4n) is 2.43. The molecule has 0 spiro atoms. The fourth-order valence-corrected chi connectivity index (χ4v) is 3.50. The quantitative estimate of drug-likeness (QED) is 0.908. The summed E-state index contributed by atoms with van der Waals surface area (Å²) >= 11 is 6.03. The number of nitrogens with zero attached hydrogens (tertiary/aromatic N) is 1. The molecule has 1 aromatic carbocycles. The van der Waals surface area contributed by atoms with Gasteiger partial charge in [0.2, 0.25) is 15.9 Å². The van der Waals surface area contributed by atoms with Crippen molar-refractivity contribution in [3.05, 3.63) is 34.9 Å². The summed E-state index contributed by atoms with van der Waals surface area (Å²) in [6.07, 6.45) is 2.73. The average Bonchev–Trinajstić information content (AvgIpc) is 2.41. The molecular weight excluding hydrogens is 312 g/mol. The number of halogens is 1. The zero-order valence-electron chi connectivity index (χ0n) is 11.9. The minimum absolute atomic E-state index is 0.0259. The maximum absolute atomic E-state index is 12.0. The summed E-state index contributed by atoms with van der Waals surface area (Å²) in [5.74, 6) is -0.0825. The van der Waals surface area contributed by atoms with Gasteiger partial charge in [-0.25, -0.2) is 12.7 Å². The van der Waals surface area contributed by atoms with E-state index in [0.29, 0.717) is 31.0 Å². The number of sulfonamides is 1. The van der Waals surface area contributed by atoms with Gasteiger partial charge in [-0.05, 0) is 24.5 Å². The molecule has 0 aliphatic carbocycles. The third-order valence-corrected chi connectivity index (χ3v) is 5.27. The molecule has 0 aromatic heterocycles. The molecule has 1 aliphatic rings. The Morgan fingerprint density at radius 2 is 1.95 bits per heavy atom. The standard InChI is InChI=1S/C14H19ClN2O3S/c1-21(19,20)17-8-6-12(7-9-17)16-14(18)10-11-4-2-3-5-13(11)15/h2-5,12H,6-10H2,1H3,(H,16,18). The van der Waals surface area contributed by atoms with Crippen molar-refractivity contribution in [1.29, 1.82) is 0 Å². The Morgan fingerprint density at radius 3 is 2.52 bits per heavy atom. The van der Waals surface area contributed by atoms with E-state index in [2.05, 4.69) is 5.32 Å². The van der Waals surface area contributed by atoms with E-state index in [0.717, 1.165) is 5.56 Å². The summed E-state index contributed by atoms with van der Waals surface area (Å²) < 4.78 is 24.3. The highest BCUT2D eigenvalue weighted by molar-refractivity contribution is 7.88. The van der Waals surface area contributed by atoms with E-state index in [9.17, 15) is 13.2 Å². The summed E-state index contributed by atoms with van der Waals surface area (Å²) in [5, 5.41) is 3.53. The van der Waals surface area contributed by atoms with Crippen LogP contribution < -0.4 is 5.32 Å². The first kappa shape index (κ1) is 16.3. The minimum Gasteiger partial charge on any atom is -0.353 e. The molecule has 0 bridgehead atoms. The minimum atomic E-state index is -3.13. The lowest BCUT2D eigenvalue weighted by Crippen LogP contribution is -2.46. The second kappa shape index (κ2) is 6.77. The van der Waals surface area contributed by atoms with Crippen LogP contribution in [0.25, 0.3) is 0 Å². The largest absolute Gasteiger partial charge is 0.353 e. The highest BCUT2D eigenvalue weighted by atomic mass is 35.5. The number of rotatable bonds is 4. The molecule has 0 radical (unpaired) electrons. The Labute approximate surface area is 130 Å². The molecule has 0 saturated carbocycles. The van der Waals surface area contributed by atoms with Gasteiger partial charge in [0.05, 0.1) is 12.7 Å². The van der Waals surface area contributed by atoms with Gasteiger partial charge in [0.15, 0.2) is 0 Å². The van der Waals surface area contributed by atoms with Crippen molar-refractivity contribution >= 4 is 27.5 Å². The second-order valence-corrected chi connectivity index (χ2v) is 7.66. The molecule has 1 fully saturated rings. The van der Waals surface area contributed by atoms with Crippen LogP contribution in [0.15, 0.2) is 24.3 Å². The van der Waals surface area contributed by atoms with Crippen LogP contribution in [0.3, 0.4) is 0 Å². The van der Waals surface area contributed by atoms with Crippen LogP contribution in [0.1, 0.15) is 18.4 Å². The van der Waals surface area contributed by atoms with Gasteiger partial charge in [0, 0.05) is 24.2 Å². The Hall–Kier alpha value is -1.11. The van der Waals surface area contributed by atoms with Crippen molar-refractivity contribution in [2.24, 2.45) is 0 Å². The summed E-state index contributed by atoms with van der Waals surface area (Å²) in [7, 11) is -3.13. The highest BCUT2D eigenvalue weighted by Crippen LogP contribution is 2.16. The van der Waals surface area contributed by atoms with Crippen LogP contribution in [0.2, 0.25) is 5.02 Å².